The first kappa shape index (κ1) is 27.9. The molecule has 6 nitrogen and oxygen atoms in total. The summed E-state index contributed by atoms with van der Waals surface area (Å²) in [5, 5.41) is 18.8. The van der Waals surface area contributed by atoms with Gasteiger partial charge in [-0.05, 0) is 38.8 Å². The highest BCUT2D eigenvalue weighted by atomic mass is 16.3. The SMILES string of the molecule is CC[N+](CC)(CCO)CC(=O)c1ccc(-c2ccc(C(=O)C[N+](CC)(CC)CCO)cc2)cc1. The summed E-state index contributed by atoms with van der Waals surface area (Å²) >= 11 is 0. The molecule has 0 bridgehead atoms. The maximum Gasteiger partial charge on any atom is 0.216 e. The van der Waals surface area contributed by atoms with Crippen molar-refractivity contribution in [2.75, 3.05) is 65.6 Å². The van der Waals surface area contributed by atoms with Crippen LogP contribution in [0.4, 0.5) is 0 Å². The highest BCUT2D eigenvalue weighted by Gasteiger charge is 2.28. The fraction of sp³-hybridized carbons (Fsp3) is 0.500. The van der Waals surface area contributed by atoms with Crippen molar-refractivity contribution in [1.29, 1.82) is 0 Å². The number of likely N-dealkylation sites (N-methyl/N-ethyl adjacent to an activating group) is 2. The summed E-state index contributed by atoms with van der Waals surface area (Å²) in [5.41, 5.74) is 3.33. The molecule has 0 atom stereocenters. The van der Waals surface area contributed by atoms with E-state index in [1.165, 1.54) is 0 Å². The molecule has 0 radical (unpaired) electrons. The molecule has 6 heteroatoms. The number of hydrogen-bond donors (Lipinski definition) is 2. The highest BCUT2D eigenvalue weighted by Crippen LogP contribution is 2.22. The number of aliphatic hydroxyl groups is 2. The summed E-state index contributed by atoms with van der Waals surface area (Å²) in [6, 6.07) is 15.2. The zero-order valence-corrected chi connectivity index (χ0v) is 21.3. The van der Waals surface area contributed by atoms with Crippen LogP contribution in [0, 0.1) is 0 Å². The molecule has 34 heavy (non-hydrogen) atoms. The number of hydrogen-bond acceptors (Lipinski definition) is 4. The third kappa shape index (κ3) is 6.83. The number of rotatable bonds is 15. The van der Waals surface area contributed by atoms with E-state index in [1.807, 2.05) is 48.5 Å². The van der Waals surface area contributed by atoms with Crippen molar-refractivity contribution in [1.82, 2.24) is 0 Å². The first-order valence-electron chi connectivity index (χ1n) is 12.5. The van der Waals surface area contributed by atoms with Crippen molar-refractivity contribution in [3.8, 4) is 11.1 Å². The Balaban J connectivity index is 2.12. The Kier molecular flexibility index (Phi) is 10.6. The Morgan fingerprint density at radius 1 is 0.588 bits per heavy atom. The smallest absolute Gasteiger partial charge is 0.216 e. The van der Waals surface area contributed by atoms with Crippen molar-refractivity contribution in [3.05, 3.63) is 59.7 Å². The molecule has 0 fully saturated rings. The average Bonchev–Trinajstić information content (AvgIpc) is 2.88. The molecule has 0 aromatic heterocycles. The number of quaternary nitrogens is 2. The number of nitrogens with zero attached hydrogens (tertiary/aromatic N) is 2. The van der Waals surface area contributed by atoms with E-state index in [2.05, 4.69) is 27.7 Å². The van der Waals surface area contributed by atoms with E-state index in [0.717, 1.165) is 37.3 Å². The normalized spacial score (nSPS) is 12.1. The van der Waals surface area contributed by atoms with E-state index in [9.17, 15) is 19.8 Å². The molecular weight excluding hydrogens is 428 g/mol. The van der Waals surface area contributed by atoms with Gasteiger partial charge in [-0.1, -0.05) is 48.5 Å². The number of carbonyl (C=O) groups is 2. The second-order valence-corrected chi connectivity index (χ2v) is 9.16. The molecule has 0 aliphatic carbocycles. The number of aliphatic hydroxyl groups excluding tert-OH is 2. The predicted molar refractivity (Wildman–Crippen MR) is 137 cm³/mol. The molecule has 0 spiro atoms. The quantitative estimate of drug-likeness (QED) is 0.309. The van der Waals surface area contributed by atoms with E-state index in [4.69, 9.17) is 0 Å². The van der Waals surface area contributed by atoms with Gasteiger partial charge in [0, 0.05) is 11.1 Å². The van der Waals surface area contributed by atoms with Crippen LogP contribution in [0.2, 0.25) is 0 Å². The summed E-state index contributed by atoms with van der Waals surface area (Å²) < 4.78 is 1.17. The Hall–Kier alpha value is -2.38. The predicted octanol–water partition coefficient (Wildman–Crippen LogP) is 3.42. The van der Waals surface area contributed by atoms with Crippen molar-refractivity contribution >= 4 is 11.6 Å². The van der Waals surface area contributed by atoms with Gasteiger partial charge in [0.1, 0.15) is 26.2 Å². The lowest BCUT2D eigenvalue weighted by atomic mass is 9.99. The van der Waals surface area contributed by atoms with Crippen LogP contribution < -0.4 is 0 Å². The molecule has 0 saturated heterocycles. The van der Waals surface area contributed by atoms with Crippen molar-refractivity contribution in [2.45, 2.75) is 27.7 Å². The van der Waals surface area contributed by atoms with Gasteiger partial charge in [0.15, 0.2) is 0 Å². The molecule has 0 aliphatic rings. The lowest BCUT2D eigenvalue weighted by Gasteiger charge is -2.35. The van der Waals surface area contributed by atoms with Crippen LogP contribution in [-0.2, 0) is 0 Å². The Morgan fingerprint density at radius 3 is 1.12 bits per heavy atom. The first-order valence-corrected chi connectivity index (χ1v) is 12.5. The average molecular weight is 471 g/mol. The molecule has 0 unspecified atom stereocenters. The van der Waals surface area contributed by atoms with Crippen molar-refractivity contribution in [3.63, 3.8) is 0 Å². The Morgan fingerprint density at radius 2 is 0.882 bits per heavy atom. The minimum atomic E-state index is 0.0741. The second kappa shape index (κ2) is 12.9. The van der Waals surface area contributed by atoms with E-state index >= 15 is 0 Å². The minimum Gasteiger partial charge on any atom is -0.391 e. The molecule has 0 saturated carbocycles. The largest absolute Gasteiger partial charge is 0.391 e. The van der Waals surface area contributed by atoms with Gasteiger partial charge in [-0.25, -0.2) is 0 Å². The van der Waals surface area contributed by atoms with Crippen LogP contribution in [0.15, 0.2) is 48.5 Å². The first-order chi connectivity index (χ1) is 16.3. The maximum absolute atomic E-state index is 12.9. The molecule has 186 valence electrons. The monoisotopic (exact) mass is 470 g/mol. The zero-order chi connectivity index (χ0) is 25.2. The Labute approximate surface area is 204 Å². The van der Waals surface area contributed by atoms with Gasteiger partial charge in [-0.15, -0.1) is 0 Å². The number of benzene rings is 2. The van der Waals surface area contributed by atoms with Gasteiger partial charge in [0.05, 0.1) is 39.4 Å². The van der Waals surface area contributed by atoms with Crippen LogP contribution in [0.25, 0.3) is 11.1 Å². The molecule has 2 aromatic carbocycles. The molecule has 0 heterocycles. The standard InChI is InChI=1S/C28H42N2O4/c1-5-29(6-2,17-19-31)21-27(33)25-13-9-23(10-14-25)24-11-15-26(16-12-24)28(34)22-30(7-3,8-4)18-20-32/h9-16,31-32H,5-8,17-22H2,1-4H3/q+2. The van der Waals surface area contributed by atoms with Crippen LogP contribution in [0.1, 0.15) is 48.4 Å². The maximum atomic E-state index is 12.9. The highest BCUT2D eigenvalue weighted by molar-refractivity contribution is 5.98. The molecular formula is C28H42N2O4+2. The number of Topliss-reactive ketones (excluding diaryl/α,β-unsaturated/α-hetero) is 2. The van der Waals surface area contributed by atoms with Crippen LogP contribution in [0.3, 0.4) is 0 Å². The van der Waals surface area contributed by atoms with Gasteiger partial charge in [0.2, 0.25) is 11.6 Å². The van der Waals surface area contributed by atoms with E-state index in [0.29, 0.717) is 46.3 Å². The lowest BCUT2D eigenvalue weighted by Crippen LogP contribution is -2.52. The molecule has 0 amide bonds. The lowest BCUT2D eigenvalue weighted by molar-refractivity contribution is -0.917. The summed E-state index contributed by atoms with van der Waals surface area (Å²) in [4.78, 5) is 25.8. The van der Waals surface area contributed by atoms with Crippen LogP contribution in [-0.4, -0.2) is 96.3 Å². The van der Waals surface area contributed by atoms with Gasteiger partial charge in [0.25, 0.3) is 0 Å². The summed E-state index contributed by atoms with van der Waals surface area (Å²) in [6.07, 6.45) is 0. The second-order valence-electron chi connectivity index (χ2n) is 9.16. The van der Waals surface area contributed by atoms with E-state index in [1.54, 1.807) is 0 Å². The molecule has 2 aromatic rings. The summed E-state index contributed by atoms with van der Waals surface area (Å²) in [5.74, 6) is 0.168. The van der Waals surface area contributed by atoms with Crippen LogP contribution >= 0.6 is 0 Å². The van der Waals surface area contributed by atoms with E-state index in [-0.39, 0.29) is 24.8 Å². The molecule has 2 N–H and O–H groups in total. The fourth-order valence-electron chi connectivity index (χ4n) is 4.60. The minimum absolute atomic E-state index is 0.0741. The van der Waals surface area contributed by atoms with E-state index < -0.39 is 0 Å². The molecule has 2 rings (SSSR count). The molecule has 0 aliphatic heterocycles. The van der Waals surface area contributed by atoms with Gasteiger partial charge >= 0.3 is 0 Å². The van der Waals surface area contributed by atoms with Gasteiger partial charge in [-0.2, -0.15) is 0 Å². The fourth-order valence-corrected chi connectivity index (χ4v) is 4.60. The Bertz CT molecular complexity index is 837. The van der Waals surface area contributed by atoms with Gasteiger partial charge in [-0.3, -0.25) is 9.59 Å². The summed E-state index contributed by atoms with van der Waals surface area (Å²) in [6.45, 7) is 13.5. The topological polar surface area (TPSA) is 74.6 Å². The van der Waals surface area contributed by atoms with Crippen LogP contribution in [0.5, 0.6) is 0 Å². The van der Waals surface area contributed by atoms with Crippen molar-refractivity contribution < 1.29 is 28.8 Å². The number of ketones is 2. The summed E-state index contributed by atoms with van der Waals surface area (Å²) in [7, 11) is 0. The number of carbonyl (C=O) groups excluding carboxylic acids is 2. The van der Waals surface area contributed by atoms with Gasteiger partial charge < -0.3 is 19.2 Å². The van der Waals surface area contributed by atoms with Crippen molar-refractivity contribution in [2.24, 2.45) is 0 Å². The third-order valence-electron chi connectivity index (χ3n) is 7.54. The third-order valence-corrected chi connectivity index (χ3v) is 7.54. The zero-order valence-electron chi connectivity index (χ0n) is 21.3.